The molecule has 2 rings (SSSR count). The van der Waals surface area contributed by atoms with Crippen molar-refractivity contribution in [1.82, 2.24) is 5.32 Å². The molecule has 23 heavy (non-hydrogen) atoms. The maximum atomic E-state index is 12.4. The van der Waals surface area contributed by atoms with Gasteiger partial charge in [0.25, 0.3) is 0 Å². The fourth-order valence-electron chi connectivity index (χ4n) is 3.00. The molecule has 0 bridgehead atoms. The van der Waals surface area contributed by atoms with Gasteiger partial charge in [-0.15, -0.1) is 6.58 Å². The summed E-state index contributed by atoms with van der Waals surface area (Å²) in [6, 6.07) is 5.96. The summed E-state index contributed by atoms with van der Waals surface area (Å²) in [4.78, 5) is 24.3. The van der Waals surface area contributed by atoms with Crippen molar-refractivity contribution in [2.45, 2.75) is 39.5 Å². The fraction of sp³-hybridized carbons (Fsp3) is 0.474. The van der Waals surface area contributed by atoms with Crippen LogP contribution < -0.4 is 10.6 Å². The van der Waals surface area contributed by atoms with E-state index in [-0.39, 0.29) is 23.7 Å². The molecule has 124 valence electrons. The normalized spacial score (nSPS) is 20.6. The van der Waals surface area contributed by atoms with E-state index < -0.39 is 0 Å². The lowest BCUT2D eigenvalue weighted by molar-refractivity contribution is -0.128. The molecule has 0 heterocycles. The molecule has 2 N–H and O–H groups in total. The van der Waals surface area contributed by atoms with E-state index in [0.29, 0.717) is 6.54 Å². The van der Waals surface area contributed by atoms with Crippen molar-refractivity contribution in [1.29, 1.82) is 0 Å². The van der Waals surface area contributed by atoms with Crippen LogP contribution in [-0.4, -0.2) is 18.4 Å². The van der Waals surface area contributed by atoms with Gasteiger partial charge in [-0.2, -0.15) is 0 Å². The van der Waals surface area contributed by atoms with Crippen molar-refractivity contribution in [3.8, 4) is 0 Å². The molecule has 1 saturated carbocycles. The Morgan fingerprint density at radius 1 is 1.09 bits per heavy atom. The number of hydrogen-bond acceptors (Lipinski definition) is 2. The fourth-order valence-corrected chi connectivity index (χ4v) is 3.00. The number of carbonyl (C=O) groups is 2. The predicted octanol–water partition coefficient (Wildman–Crippen LogP) is 3.35. The average molecular weight is 314 g/mol. The summed E-state index contributed by atoms with van der Waals surface area (Å²) in [7, 11) is 0. The summed E-state index contributed by atoms with van der Waals surface area (Å²) in [5, 5.41) is 5.85. The molecular formula is C19H26N2O2. The molecule has 0 atom stereocenters. The number of nitrogens with one attached hydrogen (secondary N) is 2. The Balaban J connectivity index is 1.84. The summed E-state index contributed by atoms with van der Waals surface area (Å²) < 4.78 is 0. The summed E-state index contributed by atoms with van der Waals surface area (Å²) in [5.74, 6) is 0.178. The highest BCUT2D eigenvalue weighted by molar-refractivity contribution is 5.93. The van der Waals surface area contributed by atoms with Gasteiger partial charge in [0.2, 0.25) is 11.8 Å². The number of anilines is 1. The van der Waals surface area contributed by atoms with Crippen molar-refractivity contribution >= 4 is 17.5 Å². The van der Waals surface area contributed by atoms with Crippen molar-refractivity contribution in [2.75, 3.05) is 11.9 Å². The number of amides is 2. The first kappa shape index (κ1) is 17.3. The van der Waals surface area contributed by atoms with E-state index in [9.17, 15) is 9.59 Å². The molecule has 1 aromatic carbocycles. The summed E-state index contributed by atoms with van der Waals surface area (Å²) in [6.45, 7) is 8.20. The second kappa shape index (κ2) is 7.95. The van der Waals surface area contributed by atoms with Gasteiger partial charge in [-0.05, 0) is 62.8 Å². The number of rotatable bonds is 5. The van der Waals surface area contributed by atoms with Gasteiger partial charge in [0.05, 0.1) is 0 Å². The minimum Gasteiger partial charge on any atom is -0.352 e. The quantitative estimate of drug-likeness (QED) is 0.819. The molecule has 1 aliphatic carbocycles. The Labute approximate surface area is 138 Å². The smallest absolute Gasteiger partial charge is 0.227 e. The molecule has 1 fully saturated rings. The number of aryl methyl sites for hydroxylation is 2. The first-order valence-corrected chi connectivity index (χ1v) is 8.28. The topological polar surface area (TPSA) is 58.2 Å². The van der Waals surface area contributed by atoms with Crippen LogP contribution >= 0.6 is 0 Å². The Hall–Kier alpha value is -2.10. The van der Waals surface area contributed by atoms with Gasteiger partial charge in [0.1, 0.15) is 0 Å². The largest absolute Gasteiger partial charge is 0.352 e. The summed E-state index contributed by atoms with van der Waals surface area (Å²) in [5.41, 5.74) is 3.24. The lowest BCUT2D eigenvalue weighted by Crippen LogP contribution is -2.35. The third-order valence-corrected chi connectivity index (χ3v) is 4.66. The molecule has 0 aromatic heterocycles. The SMILES string of the molecule is C=CCNC(=O)C1CCC(C(=O)Nc2ccc(C)c(C)c2)CC1. The highest BCUT2D eigenvalue weighted by Gasteiger charge is 2.29. The Morgan fingerprint density at radius 3 is 2.26 bits per heavy atom. The molecule has 2 amide bonds. The maximum Gasteiger partial charge on any atom is 0.227 e. The average Bonchev–Trinajstić information content (AvgIpc) is 2.56. The van der Waals surface area contributed by atoms with Crippen LogP contribution in [0, 0.1) is 25.7 Å². The highest BCUT2D eigenvalue weighted by Crippen LogP contribution is 2.30. The van der Waals surface area contributed by atoms with Gasteiger partial charge in [0.15, 0.2) is 0 Å². The molecule has 4 nitrogen and oxygen atoms in total. The van der Waals surface area contributed by atoms with Crippen LogP contribution in [-0.2, 0) is 9.59 Å². The van der Waals surface area contributed by atoms with Gasteiger partial charge in [-0.3, -0.25) is 9.59 Å². The predicted molar refractivity (Wildman–Crippen MR) is 93.2 cm³/mol. The standard InChI is InChI=1S/C19H26N2O2/c1-4-11-20-18(22)15-6-8-16(9-7-15)19(23)21-17-10-5-13(2)14(3)12-17/h4-5,10,12,15-16H,1,6-9,11H2,2-3H3,(H,20,22)(H,21,23). The number of carbonyl (C=O) groups excluding carboxylic acids is 2. The van der Waals surface area contributed by atoms with Crippen molar-refractivity contribution in [3.63, 3.8) is 0 Å². The summed E-state index contributed by atoms with van der Waals surface area (Å²) in [6.07, 6.45) is 4.76. The third-order valence-electron chi connectivity index (χ3n) is 4.66. The Bertz CT molecular complexity index is 587. The molecule has 1 aliphatic rings. The van der Waals surface area contributed by atoms with E-state index in [1.54, 1.807) is 6.08 Å². The van der Waals surface area contributed by atoms with E-state index >= 15 is 0 Å². The first-order valence-electron chi connectivity index (χ1n) is 8.28. The maximum absolute atomic E-state index is 12.4. The molecule has 1 aromatic rings. The molecule has 0 aliphatic heterocycles. The van der Waals surface area contributed by atoms with Crippen LogP contribution in [0.2, 0.25) is 0 Å². The summed E-state index contributed by atoms with van der Waals surface area (Å²) >= 11 is 0. The second-order valence-corrected chi connectivity index (χ2v) is 6.37. The Kier molecular flexibility index (Phi) is 5.97. The molecule has 0 unspecified atom stereocenters. The van der Waals surface area contributed by atoms with E-state index in [0.717, 1.165) is 31.4 Å². The number of benzene rings is 1. The molecule has 0 saturated heterocycles. The molecule has 0 radical (unpaired) electrons. The minimum atomic E-state index is 0.0000588. The van der Waals surface area contributed by atoms with Crippen molar-refractivity contribution < 1.29 is 9.59 Å². The van der Waals surface area contributed by atoms with Crippen molar-refractivity contribution in [2.24, 2.45) is 11.8 Å². The molecular weight excluding hydrogens is 288 g/mol. The van der Waals surface area contributed by atoms with Crippen molar-refractivity contribution in [3.05, 3.63) is 42.0 Å². The zero-order valence-electron chi connectivity index (χ0n) is 14.0. The minimum absolute atomic E-state index is 0.0000588. The zero-order chi connectivity index (χ0) is 16.8. The van der Waals surface area contributed by atoms with E-state index in [1.807, 2.05) is 25.1 Å². The van der Waals surface area contributed by atoms with E-state index in [1.165, 1.54) is 11.1 Å². The first-order chi connectivity index (χ1) is 11.0. The third kappa shape index (κ3) is 4.68. The molecule has 0 spiro atoms. The van der Waals surface area contributed by atoms with Gasteiger partial charge in [0, 0.05) is 24.1 Å². The Morgan fingerprint density at radius 2 is 1.70 bits per heavy atom. The van der Waals surface area contributed by atoms with Crippen LogP contribution in [0.25, 0.3) is 0 Å². The van der Waals surface area contributed by atoms with E-state index in [4.69, 9.17) is 0 Å². The number of hydrogen-bond donors (Lipinski definition) is 2. The van der Waals surface area contributed by atoms with Crippen LogP contribution in [0.5, 0.6) is 0 Å². The van der Waals surface area contributed by atoms with Gasteiger partial charge >= 0.3 is 0 Å². The van der Waals surface area contributed by atoms with Crippen LogP contribution in [0.3, 0.4) is 0 Å². The monoisotopic (exact) mass is 314 g/mol. The highest BCUT2D eigenvalue weighted by atomic mass is 16.2. The molecule has 4 heteroatoms. The van der Waals surface area contributed by atoms with Gasteiger partial charge in [-0.1, -0.05) is 12.1 Å². The van der Waals surface area contributed by atoms with E-state index in [2.05, 4.69) is 24.1 Å². The van der Waals surface area contributed by atoms with Gasteiger partial charge < -0.3 is 10.6 Å². The second-order valence-electron chi connectivity index (χ2n) is 6.37. The lowest BCUT2D eigenvalue weighted by atomic mass is 9.81. The zero-order valence-corrected chi connectivity index (χ0v) is 14.0. The van der Waals surface area contributed by atoms with Crippen LogP contribution in [0.15, 0.2) is 30.9 Å². The van der Waals surface area contributed by atoms with Crippen LogP contribution in [0.1, 0.15) is 36.8 Å². The van der Waals surface area contributed by atoms with Gasteiger partial charge in [-0.25, -0.2) is 0 Å². The van der Waals surface area contributed by atoms with Crippen LogP contribution in [0.4, 0.5) is 5.69 Å². The lowest BCUT2D eigenvalue weighted by Gasteiger charge is -2.27.